The molecule has 1 aliphatic rings. The van der Waals surface area contributed by atoms with Crippen molar-refractivity contribution in [2.24, 2.45) is 0 Å². The molecule has 0 aromatic rings. The third-order valence-electron chi connectivity index (χ3n) is 13.4. The number of unbranched alkanes of at least 4 members (excludes halogenated alkanes) is 37. The first kappa shape index (κ1) is 59.9. The van der Waals surface area contributed by atoms with E-state index in [1.165, 1.54) is 212 Å². The van der Waals surface area contributed by atoms with Crippen LogP contribution in [0.5, 0.6) is 0 Å². The van der Waals surface area contributed by atoms with Crippen LogP contribution in [0.2, 0.25) is 0 Å². The Morgan fingerprint density at radius 2 is 0.873 bits per heavy atom. The van der Waals surface area contributed by atoms with Crippen LogP contribution < -0.4 is 5.32 Å². The molecule has 9 heteroatoms. The van der Waals surface area contributed by atoms with Gasteiger partial charge >= 0.3 is 0 Å². The average molecular weight is 896 g/mol. The minimum Gasteiger partial charge on any atom is -0.394 e. The van der Waals surface area contributed by atoms with Gasteiger partial charge in [-0.1, -0.05) is 257 Å². The number of aliphatic hydroxyl groups is 5. The molecule has 1 heterocycles. The van der Waals surface area contributed by atoms with Gasteiger partial charge in [0.1, 0.15) is 24.4 Å². The molecular weight excluding hydrogens is 791 g/mol. The Balaban J connectivity index is 2.19. The van der Waals surface area contributed by atoms with Crippen LogP contribution in [0.3, 0.4) is 0 Å². The molecule has 1 saturated heterocycles. The van der Waals surface area contributed by atoms with E-state index in [2.05, 4.69) is 19.2 Å². The number of hydrogen-bond donors (Lipinski definition) is 6. The van der Waals surface area contributed by atoms with Gasteiger partial charge in [-0.25, -0.2) is 0 Å². The molecule has 0 radical (unpaired) electrons. The fourth-order valence-electron chi connectivity index (χ4n) is 8.98. The first-order chi connectivity index (χ1) is 30.8. The van der Waals surface area contributed by atoms with Gasteiger partial charge in [0.2, 0.25) is 5.91 Å². The molecule has 0 aromatic heterocycles. The van der Waals surface area contributed by atoms with Crippen LogP contribution in [0.4, 0.5) is 0 Å². The molecule has 2 unspecified atom stereocenters. The van der Waals surface area contributed by atoms with Crippen molar-refractivity contribution in [1.82, 2.24) is 5.32 Å². The number of allylic oxidation sites excluding steroid dienone is 1. The van der Waals surface area contributed by atoms with Gasteiger partial charge in [0.25, 0.3) is 0 Å². The average Bonchev–Trinajstić information content (AvgIpc) is 3.28. The summed E-state index contributed by atoms with van der Waals surface area (Å²) in [5, 5.41) is 54.4. The predicted octanol–water partition coefficient (Wildman–Crippen LogP) is 12.8. The van der Waals surface area contributed by atoms with Gasteiger partial charge in [-0.3, -0.25) is 4.79 Å². The lowest BCUT2D eigenvalue weighted by atomic mass is 9.99. The predicted molar refractivity (Wildman–Crippen MR) is 263 cm³/mol. The van der Waals surface area contributed by atoms with Crippen LogP contribution >= 0.6 is 0 Å². The minimum atomic E-state index is -1.56. The molecule has 374 valence electrons. The summed E-state index contributed by atoms with van der Waals surface area (Å²) in [6.45, 7) is 3.80. The normalized spacial score (nSPS) is 20.1. The molecule has 0 spiro atoms. The summed E-state index contributed by atoms with van der Waals surface area (Å²) in [5.41, 5.74) is 0. The second kappa shape index (κ2) is 44.7. The molecule has 0 saturated carbocycles. The number of hydrogen-bond acceptors (Lipinski definition) is 8. The number of carbonyl (C=O) groups excluding carboxylic acids is 1. The molecular formula is C54H105NO8. The summed E-state index contributed by atoms with van der Waals surface area (Å²) in [6.07, 6.45) is 47.0. The first-order valence-electron chi connectivity index (χ1n) is 27.4. The maximum atomic E-state index is 13.0. The van der Waals surface area contributed by atoms with Crippen LogP contribution in [0.1, 0.15) is 271 Å². The van der Waals surface area contributed by atoms with Crippen molar-refractivity contribution in [3.63, 3.8) is 0 Å². The van der Waals surface area contributed by atoms with Crippen LogP contribution in [-0.2, 0) is 14.3 Å². The Morgan fingerprint density at radius 1 is 0.524 bits per heavy atom. The van der Waals surface area contributed by atoms with Crippen molar-refractivity contribution in [3.05, 3.63) is 12.2 Å². The van der Waals surface area contributed by atoms with Gasteiger partial charge in [-0.2, -0.15) is 0 Å². The second-order valence-electron chi connectivity index (χ2n) is 19.4. The molecule has 0 aromatic carbocycles. The molecule has 1 fully saturated rings. The van der Waals surface area contributed by atoms with Gasteiger partial charge in [-0.05, 0) is 19.3 Å². The zero-order chi connectivity index (χ0) is 45.9. The fourth-order valence-corrected chi connectivity index (χ4v) is 8.98. The fraction of sp³-hybridized carbons (Fsp3) is 0.944. The lowest BCUT2D eigenvalue weighted by molar-refractivity contribution is -0.302. The quantitative estimate of drug-likeness (QED) is 0.0261. The van der Waals surface area contributed by atoms with Crippen molar-refractivity contribution >= 4 is 5.91 Å². The van der Waals surface area contributed by atoms with Crippen LogP contribution in [0.15, 0.2) is 12.2 Å². The highest BCUT2D eigenvalue weighted by molar-refractivity contribution is 5.76. The van der Waals surface area contributed by atoms with Crippen LogP contribution in [0.25, 0.3) is 0 Å². The van der Waals surface area contributed by atoms with Gasteiger partial charge in [0, 0.05) is 6.42 Å². The highest BCUT2D eigenvalue weighted by Crippen LogP contribution is 2.23. The molecule has 0 bridgehead atoms. The summed E-state index contributed by atoms with van der Waals surface area (Å²) in [7, 11) is 0. The summed E-state index contributed by atoms with van der Waals surface area (Å²) in [6, 6.07) is -0.799. The number of amides is 1. The van der Waals surface area contributed by atoms with E-state index < -0.39 is 49.5 Å². The lowest BCUT2D eigenvalue weighted by Gasteiger charge is -2.40. The maximum Gasteiger partial charge on any atom is 0.220 e. The lowest BCUT2D eigenvalue weighted by Crippen LogP contribution is -2.60. The number of rotatable bonds is 47. The highest BCUT2D eigenvalue weighted by Gasteiger charge is 2.44. The zero-order valence-corrected chi connectivity index (χ0v) is 41.4. The molecule has 6 N–H and O–H groups in total. The summed E-state index contributed by atoms with van der Waals surface area (Å²) in [4.78, 5) is 13.0. The summed E-state index contributed by atoms with van der Waals surface area (Å²) in [5.74, 6) is -0.171. The third-order valence-corrected chi connectivity index (χ3v) is 13.4. The summed E-state index contributed by atoms with van der Waals surface area (Å²) < 4.78 is 11.2. The van der Waals surface area contributed by atoms with Crippen LogP contribution in [-0.4, -0.2) is 87.5 Å². The van der Waals surface area contributed by atoms with Crippen molar-refractivity contribution in [2.75, 3.05) is 13.2 Å². The van der Waals surface area contributed by atoms with E-state index in [1.807, 2.05) is 6.08 Å². The topological polar surface area (TPSA) is 149 Å². The standard InChI is InChI=1S/C54H105NO8/c1-3-5-7-9-11-13-15-17-19-20-21-22-23-24-25-26-27-28-29-30-32-34-36-38-40-42-44-50(58)55-47(46-62-54-53(61)52(60)51(59)49(45-56)63-54)48(57)43-41-39-37-35-33-31-18-16-14-12-10-8-6-4-2/h41,43,47-49,51-54,56-57,59-61H,3-40,42,44-46H2,1-2H3,(H,55,58)/b43-41+/t47-,48+,49+,51+,52?,53?,54+/m0/s1. The molecule has 9 nitrogen and oxygen atoms in total. The van der Waals surface area contributed by atoms with E-state index >= 15 is 0 Å². The van der Waals surface area contributed by atoms with Crippen molar-refractivity contribution in [3.8, 4) is 0 Å². The van der Waals surface area contributed by atoms with Crippen molar-refractivity contribution < 1.29 is 39.8 Å². The van der Waals surface area contributed by atoms with Gasteiger partial charge in [-0.15, -0.1) is 0 Å². The number of carbonyl (C=O) groups is 1. The van der Waals surface area contributed by atoms with Gasteiger partial charge in [0.15, 0.2) is 6.29 Å². The van der Waals surface area contributed by atoms with E-state index in [9.17, 15) is 30.3 Å². The van der Waals surface area contributed by atoms with E-state index in [0.717, 1.165) is 38.5 Å². The molecule has 63 heavy (non-hydrogen) atoms. The van der Waals surface area contributed by atoms with E-state index in [0.29, 0.717) is 6.42 Å². The zero-order valence-electron chi connectivity index (χ0n) is 41.4. The summed E-state index contributed by atoms with van der Waals surface area (Å²) >= 11 is 0. The van der Waals surface area contributed by atoms with Gasteiger partial charge in [0.05, 0.1) is 25.4 Å². The molecule has 1 aliphatic heterocycles. The molecule has 1 rings (SSSR count). The Hall–Kier alpha value is -1.07. The van der Waals surface area contributed by atoms with Crippen molar-refractivity contribution in [1.29, 1.82) is 0 Å². The second-order valence-corrected chi connectivity index (χ2v) is 19.4. The van der Waals surface area contributed by atoms with Crippen LogP contribution in [0, 0.1) is 0 Å². The SMILES string of the molecule is CCCCCCCCCCCCCC/C=C/[C@@H](O)[C@H](CO[C@@H]1O[C@H](CO)[C@@H](O)C(O)C1O)NC(=O)CCCCCCCCCCCCCCCCCCCCCCCCCCCC. The third kappa shape index (κ3) is 34.8. The Morgan fingerprint density at radius 3 is 1.24 bits per heavy atom. The Kier molecular flexibility index (Phi) is 42.6. The van der Waals surface area contributed by atoms with Gasteiger partial charge < -0.3 is 40.3 Å². The minimum absolute atomic E-state index is 0.171. The smallest absolute Gasteiger partial charge is 0.220 e. The number of ether oxygens (including phenoxy) is 2. The van der Waals surface area contributed by atoms with E-state index in [-0.39, 0.29) is 12.5 Å². The van der Waals surface area contributed by atoms with Crippen molar-refractivity contribution in [2.45, 2.75) is 314 Å². The van der Waals surface area contributed by atoms with E-state index in [1.54, 1.807) is 6.08 Å². The molecule has 1 amide bonds. The Labute approximate surface area is 388 Å². The maximum absolute atomic E-state index is 13.0. The molecule has 7 atom stereocenters. The van der Waals surface area contributed by atoms with E-state index in [4.69, 9.17) is 9.47 Å². The highest BCUT2D eigenvalue weighted by atomic mass is 16.7. The largest absolute Gasteiger partial charge is 0.394 e. The molecule has 0 aliphatic carbocycles. The number of aliphatic hydroxyl groups excluding tert-OH is 5. The Bertz CT molecular complexity index is 997. The monoisotopic (exact) mass is 896 g/mol. The first-order valence-corrected chi connectivity index (χ1v) is 27.4. The number of nitrogens with one attached hydrogen (secondary N) is 1.